The fraction of sp³-hybridized carbons (Fsp3) is 0.565. The number of nitrogens with two attached hydrogens (primary N) is 2. The number of likely N-dealkylation sites (tertiary alicyclic amines) is 1. The van der Waals surface area contributed by atoms with Gasteiger partial charge in [0, 0.05) is 12.3 Å². The Kier molecular flexibility index (Phi) is 11.3. The van der Waals surface area contributed by atoms with Crippen molar-refractivity contribution in [1.82, 2.24) is 15.5 Å². The van der Waals surface area contributed by atoms with Gasteiger partial charge < -0.3 is 37.2 Å². The number of nitrogens with one attached hydrogen (secondary N) is 2. The molecule has 0 radical (unpaired) electrons. The van der Waals surface area contributed by atoms with E-state index in [0.717, 1.165) is 5.56 Å². The van der Waals surface area contributed by atoms with E-state index in [9.17, 15) is 29.4 Å². The Labute approximate surface area is 210 Å². The number of nitrogens with zero attached hydrogens (tertiary/aromatic N) is 1. The van der Waals surface area contributed by atoms with Crippen molar-refractivity contribution in [2.24, 2.45) is 11.5 Å². The second-order valence-corrected chi connectivity index (χ2v) is 8.96. The highest BCUT2D eigenvalue weighted by Crippen LogP contribution is 2.20. The van der Waals surface area contributed by atoms with Gasteiger partial charge in [0.15, 0.2) is 0 Å². The Morgan fingerprint density at radius 3 is 2.40 bits per heavy atom. The summed E-state index contributed by atoms with van der Waals surface area (Å²) in [7, 11) is 0. The molecule has 1 fully saturated rings. The average Bonchev–Trinajstić information content (AvgIpc) is 3.32. The van der Waals surface area contributed by atoms with Crippen molar-refractivity contribution >= 4 is 36.3 Å². The first-order chi connectivity index (χ1) is 16.7. The molecule has 8 N–H and O–H groups in total. The molecular weight excluding hydrogens is 474 g/mol. The van der Waals surface area contributed by atoms with Gasteiger partial charge >= 0.3 is 5.97 Å². The fourth-order valence-electron chi connectivity index (χ4n) is 3.97. The molecule has 4 unspecified atom stereocenters. The van der Waals surface area contributed by atoms with Crippen molar-refractivity contribution in [2.45, 2.75) is 62.7 Å². The first-order valence-corrected chi connectivity index (χ1v) is 12.3. The molecule has 0 aromatic heterocycles. The van der Waals surface area contributed by atoms with Crippen LogP contribution in [0.1, 0.15) is 37.7 Å². The van der Waals surface area contributed by atoms with Gasteiger partial charge in [-0.3, -0.25) is 14.4 Å². The molecule has 3 amide bonds. The second-order valence-electron chi connectivity index (χ2n) is 8.59. The zero-order valence-corrected chi connectivity index (χ0v) is 20.5. The van der Waals surface area contributed by atoms with E-state index in [4.69, 9.17) is 11.5 Å². The maximum absolute atomic E-state index is 13.0. The minimum Gasteiger partial charge on any atom is -0.508 e. The Morgan fingerprint density at radius 1 is 1.11 bits per heavy atom. The first-order valence-electron chi connectivity index (χ1n) is 11.7. The molecule has 12 heteroatoms. The summed E-state index contributed by atoms with van der Waals surface area (Å²) < 4.78 is 0. The van der Waals surface area contributed by atoms with Crippen molar-refractivity contribution < 1.29 is 29.4 Å². The predicted octanol–water partition coefficient (Wildman–Crippen LogP) is -0.634. The molecule has 1 aliphatic heterocycles. The van der Waals surface area contributed by atoms with Crippen molar-refractivity contribution in [3.05, 3.63) is 29.8 Å². The molecule has 35 heavy (non-hydrogen) atoms. The van der Waals surface area contributed by atoms with E-state index in [0.29, 0.717) is 38.8 Å². The standard InChI is InChI=1S/C23H35N5O6S/c24-10-2-1-4-17(23(33)34)26-20(30)18(13-35)27-21(31)19-5-3-11-28(19)22(32)16(25)12-14-6-8-15(29)9-7-14/h6-9,16-19,29,35H,1-5,10-13,24-25H2,(H,26,30)(H,27,31)(H,33,34). The summed E-state index contributed by atoms with van der Waals surface area (Å²) in [4.78, 5) is 51.5. The first kappa shape index (κ1) is 28.4. The lowest BCUT2D eigenvalue weighted by Crippen LogP contribution is -2.57. The number of carboxylic acids is 1. The van der Waals surface area contributed by atoms with Crippen LogP contribution < -0.4 is 22.1 Å². The van der Waals surface area contributed by atoms with E-state index in [1.165, 1.54) is 17.0 Å². The Balaban J connectivity index is 1.98. The number of rotatable bonds is 13. The molecule has 194 valence electrons. The minimum absolute atomic E-state index is 0.0479. The number of carbonyl (C=O) groups is 4. The van der Waals surface area contributed by atoms with Crippen molar-refractivity contribution in [2.75, 3.05) is 18.8 Å². The van der Waals surface area contributed by atoms with Gasteiger partial charge in [0.05, 0.1) is 6.04 Å². The van der Waals surface area contributed by atoms with Gasteiger partial charge in [-0.25, -0.2) is 4.79 Å². The summed E-state index contributed by atoms with van der Waals surface area (Å²) in [5, 5.41) is 23.8. The van der Waals surface area contributed by atoms with Crippen LogP contribution in [0.3, 0.4) is 0 Å². The van der Waals surface area contributed by atoms with Crippen molar-refractivity contribution in [3.63, 3.8) is 0 Å². The highest BCUT2D eigenvalue weighted by molar-refractivity contribution is 7.80. The van der Waals surface area contributed by atoms with Crippen LogP contribution in [-0.2, 0) is 25.6 Å². The van der Waals surface area contributed by atoms with Crippen LogP contribution in [0.4, 0.5) is 0 Å². The number of carbonyl (C=O) groups excluding carboxylic acids is 3. The average molecular weight is 510 g/mol. The third-order valence-electron chi connectivity index (χ3n) is 5.92. The summed E-state index contributed by atoms with van der Waals surface area (Å²) in [5.41, 5.74) is 12.3. The summed E-state index contributed by atoms with van der Waals surface area (Å²) in [6.07, 6.45) is 2.65. The molecule has 0 saturated carbocycles. The van der Waals surface area contributed by atoms with E-state index < -0.39 is 42.0 Å². The lowest BCUT2D eigenvalue weighted by atomic mass is 10.0. The largest absolute Gasteiger partial charge is 0.508 e. The Bertz CT molecular complexity index is 884. The number of unbranched alkanes of at least 4 members (excludes halogenated alkanes) is 1. The molecule has 1 heterocycles. The molecule has 0 spiro atoms. The summed E-state index contributed by atoms with van der Waals surface area (Å²) >= 11 is 4.13. The number of hydrogen-bond donors (Lipinski definition) is 7. The van der Waals surface area contributed by atoms with Crippen LogP contribution in [0.15, 0.2) is 24.3 Å². The van der Waals surface area contributed by atoms with Crippen LogP contribution in [0.2, 0.25) is 0 Å². The number of thiol groups is 1. The lowest BCUT2D eigenvalue weighted by Gasteiger charge is -2.28. The SMILES string of the molecule is NCCCCC(NC(=O)C(CS)NC(=O)C1CCCN1C(=O)C(N)Cc1ccc(O)cc1)C(=O)O. The van der Waals surface area contributed by atoms with Crippen molar-refractivity contribution in [1.29, 1.82) is 0 Å². The van der Waals surface area contributed by atoms with Crippen LogP contribution in [0, 0.1) is 0 Å². The number of phenolic OH excluding ortho intramolecular Hbond substituents is 1. The molecule has 1 aliphatic rings. The highest BCUT2D eigenvalue weighted by atomic mass is 32.1. The van der Waals surface area contributed by atoms with Crippen LogP contribution in [0.5, 0.6) is 5.75 Å². The maximum Gasteiger partial charge on any atom is 0.326 e. The number of aromatic hydroxyl groups is 1. The Morgan fingerprint density at radius 2 is 1.80 bits per heavy atom. The third-order valence-corrected chi connectivity index (χ3v) is 6.29. The quantitative estimate of drug-likeness (QED) is 0.135. The number of amides is 3. The zero-order chi connectivity index (χ0) is 26.0. The van der Waals surface area contributed by atoms with Gasteiger partial charge in [-0.2, -0.15) is 12.6 Å². The number of carboxylic acid groups (broad SMARTS) is 1. The molecule has 2 rings (SSSR count). The van der Waals surface area contributed by atoms with Crippen LogP contribution in [-0.4, -0.2) is 81.8 Å². The molecular formula is C23H35N5O6S. The molecule has 11 nitrogen and oxygen atoms in total. The molecule has 1 aromatic rings. The Hall–Kier alpha value is -2.83. The fourth-order valence-corrected chi connectivity index (χ4v) is 4.23. The van der Waals surface area contributed by atoms with E-state index in [2.05, 4.69) is 23.3 Å². The molecule has 4 atom stereocenters. The molecule has 1 saturated heterocycles. The van der Waals surface area contributed by atoms with E-state index in [1.54, 1.807) is 12.1 Å². The molecule has 0 bridgehead atoms. The van der Waals surface area contributed by atoms with Crippen molar-refractivity contribution in [3.8, 4) is 5.75 Å². The smallest absolute Gasteiger partial charge is 0.326 e. The van der Waals surface area contributed by atoms with Gasteiger partial charge in [0.25, 0.3) is 0 Å². The topological polar surface area (TPSA) is 188 Å². The molecule has 0 aliphatic carbocycles. The van der Waals surface area contributed by atoms with E-state index in [-0.39, 0.29) is 30.3 Å². The highest BCUT2D eigenvalue weighted by Gasteiger charge is 2.37. The van der Waals surface area contributed by atoms with E-state index >= 15 is 0 Å². The van der Waals surface area contributed by atoms with E-state index in [1.807, 2.05) is 0 Å². The number of phenols is 1. The van der Waals surface area contributed by atoms with Gasteiger partial charge in [-0.15, -0.1) is 0 Å². The minimum atomic E-state index is -1.17. The van der Waals surface area contributed by atoms with Crippen LogP contribution in [0.25, 0.3) is 0 Å². The maximum atomic E-state index is 13.0. The zero-order valence-electron chi connectivity index (χ0n) is 19.6. The van der Waals surface area contributed by atoms with Gasteiger partial charge in [0.2, 0.25) is 17.7 Å². The lowest BCUT2D eigenvalue weighted by molar-refractivity contribution is -0.143. The van der Waals surface area contributed by atoms with Crippen LogP contribution >= 0.6 is 12.6 Å². The number of hydrogen-bond acceptors (Lipinski definition) is 8. The van der Waals surface area contributed by atoms with Gasteiger partial charge in [-0.1, -0.05) is 12.1 Å². The predicted molar refractivity (Wildman–Crippen MR) is 133 cm³/mol. The normalized spacial score (nSPS) is 17.9. The third kappa shape index (κ3) is 8.41. The number of benzene rings is 1. The summed E-state index contributed by atoms with van der Waals surface area (Å²) in [6.45, 7) is 0.783. The second kappa shape index (κ2) is 13.9. The number of aliphatic carboxylic acids is 1. The summed E-state index contributed by atoms with van der Waals surface area (Å²) in [6, 6.07) is 2.54. The molecule has 1 aromatic carbocycles. The van der Waals surface area contributed by atoms with Gasteiger partial charge in [-0.05, 0) is 62.8 Å². The van der Waals surface area contributed by atoms with Gasteiger partial charge in [0.1, 0.15) is 23.9 Å². The summed E-state index contributed by atoms with van der Waals surface area (Å²) in [5.74, 6) is -2.67. The monoisotopic (exact) mass is 509 g/mol.